The molecule has 0 radical (unpaired) electrons. The van der Waals surface area contributed by atoms with Gasteiger partial charge in [0.15, 0.2) is 17.9 Å². The largest absolute Gasteiger partial charge is 0.477 e. The fourth-order valence-corrected chi connectivity index (χ4v) is 2.69. The number of nitro benzene ring substituents is 1. The molecule has 2 aromatic heterocycles. The Kier molecular flexibility index (Phi) is 4.85. The van der Waals surface area contributed by atoms with Crippen molar-refractivity contribution in [2.24, 2.45) is 0 Å². The minimum atomic E-state index is -0.564. The number of hydrogen-bond acceptors (Lipinski definition) is 7. The summed E-state index contributed by atoms with van der Waals surface area (Å²) >= 11 is 0. The molecule has 1 amide bonds. The van der Waals surface area contributed by atoms with Gasteiger partial charge in [-0.1, -0.05) is 12.1 Å². The zero-order chi connectivity index (χ0) is 20.2. The summed E-state index contributed by atoms with van der Waals surface area (Å²) in [5.41, 5.74) is 2.18. The summed E-state index contributed by atoms with van der Waals surface area (Å²) in [6.45, 7) is -0.372. The number of para-hydroxylation sites is 2. The normalized spacial score (nSPS) is 10.6. The number of benzene rings is 2. The number of carbonyl (C=O) groups excluding carboxylic acids is 1. The molecule has 0 aliphatic heterocycles. The van der Waals surface area contributed by atoms with Crippen molar-refractivity contribution in [1.82, 2.24) is 9.97 Å². The Morgan fingerprint density at radius 3 is 2.83 bits per heavy atom. The zero-order valence-electron chi connectivity index (χ0n) is 14.9. The molecule has 144 valence electrons. The predicted molar refractivity (Wildman–Crippen MR) is 104 cm³/mol. The Balaban J connectivity index is 1.45. The lowest BCUT2D eigenvalue weighted by atomic mass is 10.3. The number of rotatable bonds is 6. The van der Waals surface area contributed by atoms with E-state index in [2.05, 4.69) is 15.3 Å². The predicted octanol–water partition coefficient (Wildman–Crippen LogP) is 3.82. The SMILES string of the molecule is O=C(COc1ccccc1[N+](=O)[O-])Nc1ccc2oc(-c3cccnc3)nc2c1. The van der Waals surface area contributed by atoms with E-state index < -0.39 is 10.8 Å². The minimum absolute atomic E-state index is 0.0284. The van der Waals surface area contributed by atoms with Gasteiger partial charge in [0.25, 0.3) is 5.91 Å². The van der Waals surface area contributed by atoms with Crippen LogP contribution in [-0.4, -0.2) is 27.4 Å². The van der Waals surface area contributed by atoms with Gasteiger partial charge >= 0.3 is 5.69 Å². The lowest BCUT2D eigenvalue weighted by Crippen LogP contribution is -2.20. The molecule has 0 aliphatic carbocycles. The van der Waals surface area contributed by atoms with Crippen LogP contribution in [0.3, 0.4) is 0 Å². The van der Waals surface area contributed by atoms with E-state index in [9.17, 15) is 14.9 Å². The number of anilines is 1. The summed E-state index contributed by atoms with van der Waals surface area (Å²) in [5, 5.41) is 13.7. The van der Waals surface area contributed by atoms with Gasteiger partial charge < -0.3 is 14.5 Å². The Hall–Kier alpha value is -4.27. The van der Waals surface area contributed by atoms with E-state index in [0.717, 1.165) is 5.56 Å². The van der Waals surface area contributed by atoms with E-state index in [1.165, 1.54) is 18.2 Å². The highest BCUT2D eigenvalue weighted by molar-refractivity contribution is 5.94. The number of aromatic nitrogens is 2. The van der Waals surface area contributed by atoms with E-state index in [-0.39, 0.29) is 18.0 Å². The van der Waals surface area contributed by atoms with Crippen LogP contribution < -0.4 is 10.1 Å². The first-order chi connectivity index (χ1) is 14.1. The molecule has 0 unspecified atom stereocenters. The number of fused-ring (bicyclic) bond motifs is 1. The molecule has 2 aromatic carbocycles. The topological polar surface area (TPSA) is 120 Å². The molecule has 4 aromatic rings. The molecule has 0 saturated carbocycles. The van der Waals surface area contributed by atoms with Gasteiger partial charge in [0, 0.05) is 24.1 Å². The molecular weight excluding hydrogens is 376 g/mol. The number of amides is 1. The van der Waals surface area contributed by atoms with Crippen LogP contribution in [0.1, 0.15) is 0 Å². The van der Waals surface area contributed by atoms with Crippen LogP contribution in [0.25, 0.3) is 22.6 Å². The van der Waals surface area contributed by atoms with Gasteiger partial charge in [0.1, 0.15) is 5.52 Å². The standard InChI is InChI=1S/C20H14N4O5/c25-19(12-28-18-6-2-1-5-16(18)24(26)27)22-14-7-8-17-15(10-14)23-20(29-17)13-4-3-9-21-11-13/h1-11H,12H2,(H,22,25). The fraction of sp³-hybridized carbons (Fsp3) is 0.0500. The van der Waals surface area contributed by atoms with Crippen LogP contribution >= 0.6 is 0 Å². The van der Waals surface area contributed by atoms with Crippen molar-refractivity contribution in [2.45, 2.75) is 0 Å². The summed E-state index contributed by atoms with van der Waals surface area (Å²) in [4.78, 5) is 31.0. The second-order valence-corrected chi connectivity index (χ2v) is 6.00. The fourth-order valence-electron chi connectivity index (χ4n) is 2.69. The molecule has 29 heavy (non-hydrogen) atoms. The third-order valence-corrected chi connectivity index (χ3v) is 4.00. The van der Waals surface area contributed by atoms with Gasteiger partial charge in [-0.2, -0.15) is 0 Å². The second kappa shape index (κ2) is 7.77. The molecule has 9 nitrogen and oxygen atoms in total. The van der Waals surface area contributed by atoms with Gasteiger partial charge in [0.2, 0.25) is 5.89 Å². The maximum absolute atomic E-state index is 12.2. The van der Waals surface area contributed by atoms with E-state index in [1.54, 1.807) is 42.7 Å². The Morgan fingerprint density at radius 1 is 1.17 bits per heavy atom. The number of nitrogens with one attached hydrogen (secondary N) is 1. The van der Waals surface area contributed by atoms with Gasteiger partial charge in [-0.05, 0) is 36.4 Å². The summed E-state index contributed by atoms with van der Waals surface area (Å²) < 4.78 is 11.0. The van der Waals surface area contributed by atoms with Crippen molar-refractivity contribution in [3.8, 4) is 17.2 Å². The van der Waals surface area contributed by atoms with Crippen LogP contribution in [0.15, 0.2) is 71.4 Å². The number of nitrogens with zero attached hydrogens (tertiary/aromatic N) is 3. The highest BCUT2D eigenvalue weighted by Crippen LogP contribution is 2.27. The molecule has 4 rings (SSSR count). The molecule has 0 bridgehead atoms. The zero-order valence-corrected chi connectivity index (χ0v) is 14.9. The molecule has 0 aliphatic rings. The third kappa shape index (κ3) is 4.03. The Labute approximate surface area is 164 Å². The number of oxazole rings is 1. The maximum atomic E-state index is 12.2. The first-order valence-electron chi connectivity index (χ1n) is 8.57. The molecule has 0 atom stereocenters. The highest BCUT2D eigenvalue weighted by Gasteiger charge is 2.15. The number of pyridine rings is 1. The van der Waals surface area contributed by atoms with Crippen LogP contribution in [0, 0.1) is 10.1 Å². The van der Waals surface area contributed by atoms with Gasteiger partial charge in [-0.25, -0.2) is 4.98 Å². The van der Waals surface area contributed by atoms with Crippen molar-refractivity contribution in [3.05, 3.63) is 77.1 Å². The number of ether oxygens (including phenoxy) is 1. The number of hydrogen-bond donors (Lipinski definition) is 1. The summed E-state index contributed by atoms with van der Waals surface area (Å²) in [6.07, 6.45) is 3.30. The van der Waals surface area contributed by atoms with E-state index in [1.807, 2.05) is 6.07 Å². The Bertz CT molecular complexity index is 1190. The number of nitro groups is 1. The van der Waals surface area contributed by atoms with Crippen LogP contribution in [0.4, 0.5) is 11.4 Å². The average Bonchev–Trinajstić information content (AvgIpc) is 3.16. The van der Waals surface area contributed by atoms with Crippen molar-refractivity contribution in [2.75, 3.05) is 11.9 Å². The number of carbonyl (C=O) groups is 1. The summed E-state index contributed by atoms with van der Waals surface area (Å²) in [5.74, 6) is -0.00417. The quantitative estimate of drug-likeness (QED) is 0.392. The average molecular weight is 390 g/mol. The summed E-state index contributed by atoms with van der Waals surface area (Å²) in [7, 11) is 0. The van der Waals surface area contributed by atoms with Crippen LogP contribution in [0.5, 0.6) is 5.75 Å². The molecule has 2 heterocycles. The van der Waals surface area contributed by atoms with Gasteiger partial charge in [-0.15, -0.1) is 0 Å². The molecule has 0 saturated heterocycles. The molecular formula is C20H14N4O5. The Morgan fingerprint density at radius 2 is 2.03 bits per heavy atom. The summed E-state index contributed by atoms with van der Waals surface area (Å²) in [6, 6.07) is 14.5. The smallest absolute Gasteiger partial charge is 0.310 e. The monoisotopic (exact) mass is 390 g/mol. The van der Waals surface area contributed by atoms with Crippen molar-refractivity contribution >= 4 is 28.4 Å². The van der Waals surface area contributed by atoms with Gasteiger partial charge in [-0.3, -0.25) is 19.9 Å². The van der Waals surface area contributed by atoms with Crippen LogP contribution in [0.2, 0.25) is 0 Å². The highest BCUT2D eigenvalue weighted by atomic mass is 16.6. The molecule has 0 spiro atoms. The second-order valence-electron chi connectivity index (χ2n) is 6.00. The van der Waals surface area contributed by atoms with Crippen molar-refractivity contribution in [1.29, 1.82) is 0 Å². The third-order valence-electron chi connectivity index (χ3n) is 4.00. The molecule has 1 N–H and O–H groups in total. The molecule has 0 fully saturated rings. The van der Waals surface area contributed by atoms with E-state index in [4.69, 9.17) is 9.15 Å². The minimum Gasteiger partial charge on any atom is -0.477 e. The van der Waals surface area contributed by atoms with Crippen molar-refractivity contribution < 1.29 is 18.9 Å². The lowest BCUT2D eigenvalue weighted by Gasteiger charge is -2.07. The van der Waals surface area contributed by atoms with E-state index >= 15 is 0 Å². The van der Waals surface area contributed by atoms with Crippen LogP contribution in [-0.2, 0) is 4.79 Å². The first kappa shape index (κ1) is 18.1. The van der Waals surface area contributed by atoms with E-state index in [0.29, 0.717) is 22.7 Å². The van der Waals surface area contributed by atoms with Crippen molar-refractivity contribution in [3.63, 3.8) is 0 Å². The first-order valence-corrected chi connectivity index (χ1v) is 8.57. The molecule has 9 heteroatoms. The maximum Gasteiger partial charge on any atom is 0.310 e. The lowest BCUT2D eigenvalue weighted by molar-refractivity contribution is -0.385. The van der Waals surface area contributed by atoms with Gasteiger partial charge in [0.05, 0.1) is 10.5 Å².